The highest BCUT2D eigenvalue weighted by Gasteiger charge is 2.23. The highest BCUT2D eigenvalue weighted by atomic mass is 15.2. The van der Waals surface area contributed by atoms with E-state index in [-0.39, 0.29) is 23.3 Å². The molecule has 0 amide bonds. The van der Waals surface area contributed by atoms with Gasteiger partial charge in [-0.15, -0.1) is 0 Å². The number of pyridine rings is 1. The second-order valence-corrected chi connectivity index (χ2v) is 6.99. The van der Waals surface area contributed by atoms with Gasteiger partial charge >= 0.3 is 0 Å². The van der Waals surface area contributed by atoms with Crippen molar-refractivity contribution in [3.8, 4) is 17.5 Å². The van der Waals surface area contributed by atoms with Crippen molar-refractivity contribution in [1.82, 2.24) is 34.7 Å². The Kier molecular flexibility index (Phi) is 5.50. The molecule has 32 heavy (non-hydrogen) atoms. The minimum absolute atomic E-state index is 0.190. The maximum atomic E-state index is 9.13. The summed E-state index contributed by atoms with van der Waals surface area (Å²) in [7, 11) is 1.83. The van der Waals surface area contributed by atoms with Crippen molar-refractivity contribution in [1.29, 1.82) is 5.26 Å². The van der Waals surface area contributed by atoms with E-state index in [0.29, 0.717) is 22.9 Å². The maximum Gasteiger partial charge on any atom is 0.237 e. The standard InChI is InChI=1S/C21H19N11/c1-12(15-6-7-25-20(31-15)13-9-28-32(2)10-13)29-21-17(19(24)26-11-27-21)18(23)16-5-3-4-14(8-22)30-16/h3-7,9-12,23H,1-2H3,(H3,24,26,27,29)/p+1. The van der Waals surface area contributed by atoms with Crippen LogP contribution in [0.25, 0.3) is 11.4 Å². The fourth-order valence-corrected chi connectivity index (χ4v) is 3.12. The predicted octanol–water partition coefficient (Wildman–Crippen LogP) is 0.286. The molecule has 0 bridgehead atoms. The summed E-state index contributed by atoms with van der Waals surface area (Å²) >= 11 is 0. The van der Waals surface area contributed by atoms with Gasteiger partial charge in [-0.1, -0.05) is 6.07 Å². The number of hydrogen-bond acceptors (Lipinski definition) is 9. The normalized spacial score (nSPS) is 11.5. The van der Waals surface area contributed by atoms with Crippen molar-refractivity contribution in [3.05, 3.63) is 71.8 Å². The summed E-state index contributed by atoms with van der Waals surface area (Å²) in [4.78, 5) is 21.6. The van der Waals surface area contributed by atoms with Gasteiger partial charge in [0.05, 0.1) is 23.5 Å². The number of rotatable bonds is 6. The van der Waals surface area contributed by atoms with E-state index in [1.807, 2.05) is 32.3 Å². The van der Waals surface area contributed by atoms with Gasteiger partial charge in [0, 0.05) is 19.4 Å². The Morgan fingerprint density at radius 1 is 1.22 bits per heavy atom. The molecule has 0 aromatic carbocycles. The summed E-state index contributed by atoms with van der Waals surface area (Å²) < 4.78 is 1.69. The van der Waals surface area contributed by atoms with Crippen LogP contribution in [0.2, 0.25) is 0 Å². The number of hydrogen-bond donors (Lipinski definition) is 3. The Morgan fingerprint density at radius 3 is 2.81 bits per heavy atom. The van der Waals surface area contributed by atoms with Crippen LogP contribution in [0.3, 0.4) is 0 Å². The molecule has 0 aliphatic rings. The molecule has 11 heteroatoms. The highest BCUT2D eigenvalue weighted by Crippen LogP contribution is 2.24. The Morgan fingerprint density at radius 2 is 2.06 bits per heavy atom. The third-order valence-electron chi connectivity index (χ3n) is 4.72. The van der Waals surface area contributed by atoms with Crippen molar-refractivity contribution < 1.29 is 5.41 Å². The number of nitrogens with one attached hydrogen (secondary N) is 1. The zero-order chi connectivity index (χ0) is 22.7. The molecule has 0 aliphatic carbocycles. The minimum atomic E-state index is -0.257. The molecule has 4 rings (SSSR count). The molecule has 4 aromatic heterocycles. The average molecular weight is 426 g/mol. The number of nitrogens with two attached hydrogens (primary N) is 2. The molecule has 158 valence electrons. The second kappa shape index (κ2) is 8.57. The van der Waals surface area contributed by atoms with Gasteiger partial charge < -0.3 is 11.1 Å². The van der Waals surface area contributed by atoms with Crippen molar-refractivity contribution in [2.24, 2.45) is 7.05 Å². The van der Waals surface area contributed by atoms with E-state index >= 15 is 0 Å². The van der Waals surface area contributed by atoms with Crippen LogP contribution in [-0.2, 0) is 7.05 Å². The number of aryl methyl sites for hydroxylation is 1. The quantitative estimate of drug-likeness (QED) is 0.366. The first kappa shape index (κ1) is 20.5. The van der Waals surface area contributed by atoms with Gasteiger partial charge in [0.1, 0.15) is 41.0 Å². The van der Waals surface area contributed by atoms with Crippen LogP contribution < -0.4 is 16.5 Å². The first-order valence-corrected chi connectivity index (χ1v) is 9.65. The lowest BCUT2D eigenvalue weighted by atomic mass is 10.1. The van der Waals surface area contributed by atoms with Crippen molar-refractivity contribution in [2.45, 2.75) is 13.0 Å². The van der Waals surface area contributed by atoms with Gasteiger partial charge in [-0.25, -0.2) is 24.9 Å². The number of anilines is 2. The first-order valence-electron chi connectivity index (χ1n) is 9.65. The largest absolute Gasteiger partial charge is 0.383 e. The van der Waals surface area contributed by atoms with E-state index in [1.165, 1.54) is 6.33 Å². The molecule has 0 saturated carbocycles. The van der Waals surface area contributed by atoms with E-state index in [1.54, 1.807) is 35.3 Å². The summed E-state index contributed by atoms with van der Waals surface area (Å²) in [6.07, 6.45) is 6.59. The average Bonchev–Trinajstić information content (AvgIpc) is 3.25. The monoisotopic (exact) mass is 426 g/mol. The summed E-state index contributed by atoms with van der Waals surface area (Å²) in [5.74, 6) is 1.18. The Labute approximate surface area is 183 Å². The van der Waals surface area contributed by atoms with Crippen molar-refractivity contribution in [2.75, 3.05) is 11.1 Å². The van der Waals surface area contributed by atoms with Crippen LogP contribution in [0.4, 0.5) is 11.6 Å². The third kappa shape index (κ3) is 4.10. The van der Waals surface area contributed by atoms with Gasteiger partial charge in [-0.05, 0) is 25.1 Å². The Balaban J connectivity index is 1.65. The van der Waals surface area contributed by atoms with Crippen LogP contribution in [0.5, 0.6) is 0 Å². The number of nitriles is 1. The first-order chi connectivity index (χ1) is 15.5. The van der Waals surface area contributed by atoms with E-state index in [9.17, 15) is 0 Å². The fraction of sp³-hybridized carbons (Fsp3) is 0.143. The summed E-state index contributed by atoms with van der Waals surface area (Å²) in [5.41, 5.74) is 8.99. The SMILES string of the molecule is CC(Nc1ncnc(N)c1C(=[NH2+])c1cccc(C#N)n1)c1ccnc(-c2cnn(C)c2)n1. The van der Waals surface area contributed by atoms with Crippen molar-refractivity contribution >= 4 is 17.3 Å². The zero-order valence-corrected chi connectivity index (χ0v) is 17.4. The van der Waals surface area contributed by atoms with Crippen LogP contribution in [0.1, 0.15) is 35.6 Å². The smallest absolute Gasteiger partial charge is 0.237 e. The van der Waals surface area contributed by atoms with E-state index < -0.39 is 0 Å². The molecular weight excluding hydrogens is 406 g/mol. The summed E-state index contributed by atoms with van der Waals surface area (Å²) in [5, 5.41) is 23.0. The molecule has 11 nitrogen and oxygen atoms in total. The van der Waals surface area contributed by atoms with Gasteiger partial charge in [-0.3, -0.25) is 10.1 Å². The van der Waals surface area contributed by atoms with Crippen LogP contribution in [0, 0.1) is 11.3 Å². The molecule has 4 heterocycles. The van der Waals surface area contributed by atoms with Crippen molar-refractivity contribution in [3.63, 3.8) is 0 Å². The lowest BCUT2D eigenvalue weighted by Gasteiger charge is -2.17. The molecule has 0 fully saturated rings. The van der Waals surface area contributed by atoms with E-state index in [2.05, 4.69) is 35.3 Å². The van der Waals surface area contributed by atoms with E-state index in [0.717, 1.165) is 11.3 Å². The minimum Gasteiger partial charge on any atom is -0.383 e. The predicted molar refractivity (Wildman–Crippen MR) is 117 cm³/mol. The summed E-state index contributed by atoms with van der Waals surface area (Å²) in [6.45, 7) is 1.93. The molecule has 5 N–H and O–H groups in total. The topological polar surface area (TPSA) is 170 Å². The molecule has 1 atom stereocenters. The number of nitrogens with zero attached hydrogens (tertiary/aromatic N) is 8. The molecule has 0 radical (unpaired) electrons. The number of nitrogen functional groups attached to an aromatic ring is 1. The molecule has 0 aliphatic heterocycles. The van der Waals surface area contributed by atoms with Crippen LogP contribution in [0.15, 0.2) is 49.2 Å². The second-order valence-electron chi connectivity index (χ2n) is 6.99. The Bertz CT molecular complexity index is 1340. The van der Waals surface area contributed by atoms with Crippen LogP contribution >= 0.6 is 0 Å². The Hall–Kier alpha value is -4.72. The van der Waals surface area contributed by atoms with Gasteiger partial charge in [-0.2, -0.15) is 10.4 Å². The maximum absolute atomic E-state index is 9.13. The van der Waals surface area contributed by atoms with Crippen LogP contribution in [-0.4, -0.2) is 40.4 Å². The van der Waals surface area contributed by atoms with E-state index in [4.69, 9.17) is 16.4 Å². The molecule has 0 spiro atoms. The zero-order valence-electron chi connectivity index (χ0n) is 17.4. The van der Waals surface area contributed by atoms with Gasteiger partial charge in [0.25, 0.3) is 0 Å². The summed E-state index contributed by atoms with van der Waals surface area (Å²) in [6, 6.07) is 8.54. The highest BCUT2D eigenvalue weighted by molar-refractivity contribution is 6.13. The van der Waals surface area contributed by atoms with Gasteiger partial charge in [0.15, 0.2) is 5.82 Å². The molecule has 1 unspecified atom stereocenters. The molecule has 4 aromatic rings. The number of aromatic nitrogens is 7. The lowest BCUT2D eigenvalue weighted by molar-refractivity contribution is -0.111. The molecular formula is C21H20N11+. The lowest BCUT2D eigenvalue weighted by Crippen LogP contribution is -2.42. The molecule has 0 saturated heterocycles. The third-order valence-corrected chi connectivity index (χ3v) is 4.72. The fourth-order valence-electron chi connectivity index (χ4n) is 3.12. The van der Waals surface area contributed by atoms with Gasteiger partial charge in [0.2, 0.25) is 5.71 Å².